The number of sulfonamides is 1. The molecular formula is C9H19NO4S. The first-order valence-corrected chi connectivity index (χ1v) is 6.80. The molecule has 0 saturated carbocycles. The highest BCUT2D eigenvalue weighted by atomic mass is 32.2. The number of rotatable bonds is 5. The van der Waals surface area contributed by atoms with E-state index in [9.17, 15) is 8.42 Å². The molecule has 6 heteroatoms. The van der Waals surface area contributed by atoms with Crippen LogP contribution in [0.4, 0.5) is 0 Å². The third-order valence-electron chi connectivity index (χ3n) is 2.65. The maximum atomic E-state index is 12.1. The van der Waals surface area contributed by atoms with Gasteiger partial charge in [-0.3, -0.25) is 0 Å². The lowest BCUT2D eigenvalue weighted by Crippen LogP contribution is -2.42. The molecule has 0 aromatic carbocycles. The van der Waals surface area contributed by atoms with Crippen LogP contribution in [0.3, 0.4) is 0 Å². The van der Waals surface area contributed by atoms with E-state index in [2.05, 4.69) is 0 Å². The lowest BCUT2D eigenvalue weighted by Gasteiger charge is -2.28. The average molecular weight is 237 g/mol. The maximum absolute atomic E-state index is 12.1. The van der Waals surface area contributed by atoms with E-state index in [1.807, 2.05) is 0 Å². The molecule has 1 heterocycles. The largest absolute Gasteiger partial charge is 0.395 e. The van der Waals surface area contributed by atoms with Crippen molar-refractivity contribution in [2.75, 3.05) is 32.9 Å². The number of nitrogens with zero attached hydrogens (tertiary/aromatic N) is 1. The summed E-state index contributed by atoms with van der Waals surface area (Å²) in [7, 11) is -3.24. The Morgan fingerprint density at radius 2 is 2.00 bits per heavy atom. The van der Waals surface area contributed by atoms with Gasteiger partial charge in [-0.2, -0.15) is 4.31 Å². The Balaban J connectivity index is 2.69. The average Bonchev–Trinajstić information content (AvgIpc) is 2.27. The summed E-state index contributed by atoms with van der Waals surface area (Å²) in [6.07, 6.45) is 1.12. The summed E-state index contributed by atoms with van der Waals surface area (Å²) in [5.74, 6) is 0. The van der Waals surface area contributed by atoms with Crippen molar-refractivity contribution in [2.24, 2.45) is 0 Å². The second kappa shape index (κ2) is 5.79. The molecule has 0 spiro atoms. The zero-order valence-corrected chi connectivity index (χ0v) is 9.87. The standard InChI is InChI=1S/C9H19NO4S/c1-2-10(5-6-11)15(12,13)9-3-7-14-8-4-9/h9,11H,2-8H2,1H3. The first kappa shape index (κ1) is 12.9. The molecule has 90 valence electrons. The Hall–Kier alpha value is -0.170. The molecule has 1 saturated heterocycles. The predicted octanol–water partition coefficient (Wildman–Crippen LogP) is -0.191. The Labute approximate surface area is 91.1 Å². The molecule has 5 nitrogen and oxygen atoms in total. The van der Waals surface area contributed by atoms with Crippen LogP contribution in [0.1, 0.15) is 19.8 Å². The molecule has 15 heavy (non-hydrogen) atoms. The van der Waals surface area contributed by atoms with Gasteiger partial charge in [0.25, 0.3) is 0 Å². The molecule has 0 unspecified atom stereocenters. The summed E-state index contributed by atoms with van der Waals surface area (Å²) in [4.78, 5) is 0. The minimum atomic E-state index is -3.24. The van der Waals surface area contributed by atoms with Gasteiger partial charge in [0.05, 0.1) is 11.9 Å². The van der Waals surface area contributed by atoms with Gasteiger partial charge in [-0.15, -0.1) is 0 Å². The van der Waals surface area contributed by atoms with Crippen molar-refractivity contribution >= 4 is 10.0 Å². The van der Waals surface area contributed by atoms with E-state index in [0.717, 1.165) is 0 Å². The number of aliphatic hydroxyl groups is 1. The van der Waals surface area contributed by atoms with Crippen molar-refractivity contribution < 1.29 is 18.3 Å². The van der Waals surface area contributed by atoms with E-state index in [4.69, 9.17) is 9.84 Å². The molecule has 0 aromatic heterocycles. The molecule has 0 atom stereocenters. The molecule has 0 aromatic rings. The second-order valence-corrected chi connectivity index (χ2v) is 5.78. The fourth-order valence-corrected chi connectivity index (χ4v) is 3.67. The minimum absolute atomic E-state index is 0.129. The zero-order valence-electron chi connectivity index (χ0n) is 9.05. The summed E-state index contributed by atoms with van der Waals surface area (Å²) in [6.45, 7) is 3.29. The molecule has 1 aliphatic rings. The summed E-state index contributed by atoms with van der Waals surface area (Å²) in [5.41, 5.74) is 0. The first-order valence-electron chi connectivity index (χ1n) is 5.30. The molecular weight excluding hydrogens is 218 g/mol. The Bertz CT molecular complexity index is 261. The molecule has 0 radical (unpaired) electrons. The summed E-state index contributed by atoms with van der Waals surface area (Å²) in [5, 5.41) is 8.46. The van der Waals surface area contributed by atoms with Gasteiger partial charge < -0.3 is 9.84 Å². The van der Waals surface area contributed by atoms with Crippen molar-refractivity contribution in [3.05, 3.63) is 0 Å². The molecule has 1 fully saturated rings. The van der Waals surface area contributed by atoms with Crippen LogP contribution in [0.5, 0.6) is 0 Å². The van der Waals surface area contributed by atoms with Crippen LogP contribution in [0.25, 0.3) is 0 Å². The number of hydrogen-bond acceptors (Lipinski definition) is 4. The highest BCUT2D eigenvalue weighted by Gasteiger charge is 2.32. The van der Waals surface area contributed by atoms with Crippen LogP contribution in [-0.2, 0) is 14.8 Å². The highest BCUT2D eigenvalue weighted by molar-refractivity contribution is 7.89. The topological polar surface area (TPSA) is 66.8 Å². The number of hydrogen-bond donors (Lipinski definition) is 1. The fraction of sp³-hybridized carbons (Fsp3) is 1.00. The first-order chi connectivity index (χ1) is 7.12. The van der Waals surface area contributed by atoms with E-state index in [1.165, 1.54) is 4.31 Å². The zero-order chi connectivity index (χ0) is 11.3. The van der Waals surface area contributed by atoms with Gasteiger partial charge in [-0.25, -0.2) is 8.42 Å². The molecule has 1 N–H and O–H groups in total. The van der Waals surface area contributed by atoms with E-state index in [0.29, 0.717) is 32.6 Å². The van der Waals surface area contributed by atoms with E-state index in [-0.39, 0.29) is 18.4 Å². The monoisotopic (exact) mass is 237 g/mol. The van der Waals surface area contributed by atoms with Crippen molar-refractivity contribution in [1.29, 1.82) is 0 Å². The Kier molecular flexibility index (Phi) is 4.98. The van der Waals surface area contributed by atoms with Crippen LogP contribution in [0.15, 0.2) is 0 Å². The summed E-state index contributed by atoms with van der Waals surface area (Å²) < 4.78 is 30.6. The third-order valence-corrected chi connectivity index (χ3v) is 5.13. The lowest BCUT2D eigenvalue weighted by molar-refractivity contribution is 0.0970. The Morgan fingerprint density at radius 3 is 2.47 bits per heavy atom. The maximum Gasteiger partial charge on any atom is 0.217 e. The number of ether oxygens (including phenoxy) is 1. The van der Waals surface area contributed by atoms with Gasteiger partial charge in [-0.1, -0.05) is 6.92 Å². The second-order valence-electron chi connectivity index (χ2n) is 3.57. The minimum Gasteiger partial charge on any atom is -0.395 e. The fourth-order valence-electron chi connectivity index (χ4n) is 1.76. The number of aliphatic hydroxyl groups excluding tert-OH is 1. The quantitative estimate of drug-likeness (QED) is 0.719. The third kappa shape index (κ3) is 3.14. The normalized spacial score (nSPS) is 19.7. The smallest absolute Gasteiger partial charge is 0.217 e. The van der Waals surface area contributed by atoms with E-state index < -0.39 is 10.0 Å². The van der Waals surface area contributed by atoms with Crippen LogP contribution in [0, 0.1) is 0 Å². The van der Waals surface area contributed by atoms with Crippen molar-refractivity contribution in [2.45, 2.75) is 25.0 Å². The van der Waals surface area contributed by atoms with Gasteiger partial charge in [0.1, 0.15) is 0 Å². The van der Waals surface area contributed by atoms with Crippen LogP contribution < -0.4 is 0 Å². The molecule has 0 amide bonds. The van der Waals surface area contributed by atoms with Crippen molar-refractivity contribution in [1.82, 2.24) is 4.31 Å². The van der Waals surface area contributed by atoms with Crippen LogP contribution in [0.2, 0.25) is 0 Å². The molecule has 0 aliphatic carbocycles. The van der Waals surface area contributed by atoms with E-state index in [1.54, 1.807) is 6.92 Å². The van der Waals surface area contributed by atoms with Gasteiger partial charge in [0.15, 0.2) is 0 Å². The molecule has 1 rings (SSSR count). The highest BCUT2D eigenvalue weighted by Crippen LogP contribution is 2.19. The van der Waals surface area contributed by atoms with Crippen LogP contribution in [-0.4, -0.2) is 56.0 Å². The predicted molar refractivity (Wildman–Crippen MR) is 57.1 cm³/mol. The number of likely N-dealkylation sites (N-methyl/N-ethyl adjacent to an activating group) is 1. The van der Waals surface area contributed by atoms with Crippen molar-refractivity contribution in [3.63, 3.8) is 0 Å². The SMILES string of the molecule is CCN(CCO)S(=O)(=O)C1CCOCC1. The van der Waals surface area contributed by atoms with Gasteiger partial charge >= 0.3 is 0 Å². The van der Waals surface area contributed by atoms with Crippen molar-refractivity contribution in [3.8, 4) is 0 Å². The molecule has 1 aliphatic heterocycles. The Morgan fingerprint density at radius 1 is 1.40 bits per heavy atom. The van der Waals surface area contributed by atoms with E-state index >= 15 is 0 Å². The summed E-state index contributed by atoms with van der Waals surface area (Å²) in [6, 6.07) is 0. The van der Waals surface area contributed by atoms with Gasteiger partial charge in [0.2, 0.25) is 10.0 Å². The summed E-state index contributed by atoms with van der Waals surface area (Å²) >= 11 is 0. The molecule has 0 bridgehead atoms. The lowest BCUT2D eigenvalue weighted by atomic mass is 10.2. The van der Waals surface area contributed by atoms with Gasteiger partial charge in [-0.05, 0) is 12.8 Å². The van der Waals surface area contributed by atoms with Crippen LogP contribution >= 0.6 is 0 Å². The van der Waals surface area contributed by atoms with Gasteiger partial charge in [0, 0.05) is 26.3 Å².